The maximum atomic E-state index is 13.2. The van der Waals surface area contributed by atoms with E-state index in [1.807, 2.05) is 30.8 Å². The molecule has 1 rings (SSSR count). The van der Waals surface area contributed by atoms with Gasteiger partial charge in [-0.15, -0.1) is 0 Å². The summed E-state index contributed by atoms with van der Waals surface area (Å²) < 4.78 is 13.2. The summed E-state index contributed by atoms with van der Waals surface area (Å²) in [6.45, 7) is 4.32. The molecule has 0 aliphatic rings. The first kappa shape index (κ1) is 15.4. The smallest absolute Gasteiger partial charge is 0.337 e. The van der Waals surface area contributed by atoms with Crippen molar-refractivity contribution in [2.24, 2.45) is 0 Å². The van der Waals surface area contributed by atoms with Crippen molar-refractivity contribution < 1.29 is 14.3 Å². The summed E-state index contributed by atoms with van der Waals surface area (Å²) in [6, 6.07) is 3.93. The molecule has 19 heavy (non-hydrogen) atoms. The van der Waals surface area contributed by atoms with E-state index in [9.17, 15) is 14.3 Å². The third kappa shape index (κ3) is 4.52. The van der Waals surface area contributed by atoms with Crippen molar-refractivity contribution in [1.82, 2.24) is 4.90 Å². The molecule has 0 atom stereocenters. The Morgan fingerprint density at radius 2 is 1.95 bits per heavy atom. The van der Waals surface area contributed by atoms with E-state index in [0.717, 1.165) is 25.6 Å². The quantitative estimate of drug-likeness (QED) is 0.824. The molecule has 0 aliphatic heterocycles. The van der Waals surface area contributed by atoms with E-state index >= 15 is 0 Å². The number of rotatable bonds is 7. The normalized spacial score (nSPS) is 10.8. The summed E-state index contributed by atoms with van der Waals surface area (Å²) >= 11 is 0. The molecule has 0 unspecified atom stereocenters. The van der Waals surface area contributed by atoms with Crippen LogP contribution in [0.25, 0.3) is 0 Å². The number of benzene rings is 1. The van der Waals surface area contributed by atoms with Crippen LogP contribution in [-0.2, 0) is 0 Å². The van der Waals surface area contributed by atoms with Gasteiger partial charge in [0.15, 0.2) is 0 Å². The monoisotopic (exact) mass is 268 g/mol. The number of carboxylic acids is 1. The van der Waals surface area contributed by atoms with Gasteiger partial charge in [-0.3, -0.25) is 0 Å². The maximum Gasteiger partial charge on any atom is 0.337 e. The minimum Gasteiger partial charge on any atom is -0.478 e. The van der Waals surface area contributed by atoms with Gasteiger partial charge in [0.1, 0.15) is 5.82 Å². The summed E-state index contributed by atoms with van der Waals surface area (Å²) in [5, 5.41) is 9.18. The van der Waals surface area contributed by atoms with Gasteiger partial charge in [-0.1, -0.05) is 6.92 Å². The largest absolute Gasteiger partial charge is 0.478 e. The van der Waals surface area contributed by atoms with Gasteiger partial charge in [-0.25, -0.2) is 9.18 Å². The number of halogens is 1. The SMILES string of the molecule is CCCN(CCN(C)C)c1ccc(F)cc1C(=O)O. The third-order valence-electron chi connectivity index (χ3n) is 2.84. The Hall–Kier alpha value is -1.62. The van der Waals surface area contributed by atoms with Crippen molar-refractivity contribution in [1.29, 1.82) is 0 Å². The Morgan fingerprint density at radius 1 is 1.26 bits per heavy atom. The van der Waals surface area contributed by atoms with Crippen LogP contribution in [0.4, 0.5) is 10.1 Å². The molecule has 0 aliphatic carbocycles. The summed E-state index contributed by atoms with van der Waals surface area (Å²) in [4.78, 5) is 15.2. The Bertz CT molecular complexity index is 435. The van der Waals surface area contributed by atoms with E-state index in [-0.39, 0.29) is 5.56 Å². The highest BCUT2D eigenvalue weighted by molar-refractivity contribution is 5.94. The molecular weight excluding hydrogens is 247 g/mol. The summed E-state index contributed by atoms with van der Waals surface area (Å²) in [6.07, 6.45) is 0.907. The average Bonchev–Trinajstić information content (AvgIpc) is 2.34. The van der Waals surface area contributed by atoms with Gasteiger partial charge < -0.3 is 14.9 Å². The fraction of sp³-hybridized carbons (Fsp3) is 0.500. The molecule has 0 amide bonds. The molecule has 4 nitrogen and oxygen atoms in total. The molecule has 0 aromatic heterocycles. The zero-order valence-corrected chi connectivity index (χ0v) is 11.7. The average molecular weight is 268 g/mol. The first-order valence-electron chi connectivity index (χ1n) is 6.38. The van der Waals surface area contributed by atoms with E-state index in [1.165, 1.54) is 6.07 Å². The first-order valence-corrected chi connectivity index (χ1v) is 6.38. The Morgan fingerprint density at radius 3 is 2.47 bits per heavy atom. The van der Waals surface area contributed by atoms with Crippen molar-refractivity contribution in [2.45, 2.75) is 13.3 Å². The summed E-state index contributed by atoms with van der Waals surface area (Å²) in [5.41, 5.74) is 0.602. The van der Waals surface area contributed by atoms with Gasteiger partial charge in [-0.05, 0) is 38.7 Å². The lowest BCUT2D eigenvalue weighted by atomic mass is 10.1. The van der Waals surface area contributed by atoms with Gasteiger partial charge >= 0.3 is 5.97 Å². The fourth-order valence-corrected chi connectivity index (χ4v) is 1.90. The second-order valence-electron chi connectivity index (χ2n) is 4.76. The van der Waals surface area contributed by atoms with E-state index < -0.39 is 11.8 Å². The lowest BCUT2D eigenvalue weighted by Gasteiger charge is -2.27. The number of nitrogens with zero attached hydrogens (tertiary/aromatic N) is 2. The van der Waals surface area contributed by atoms with Gasteiger partial charge in [0.2, 0.25) is 0 Å². The van der Waals surface area contributed by atoms with E-state index in [0.29, 0.717) is 12.2 Å². The predicted molar refractivity (Wildman–Crippen MR) is 74.4 cm³/mol. The van der Waals surface area contributed by atoms with Crippen molar-refractivity contribution in [3.8, 4) is 0 Å². The van der Waals surface area contributed by atoms with Crippen LogP contribution in [0.5, 0.6) is 0 Å². The molecule has 0 saturated heterocycles. The summed E-state index contributed by atoms with van der Waals surface area (Å²) in [5.74, 6) is -1.62. The zero-order chi connectivity index (χ0) is 14.4. The molecule has 0 radical (unpaired) electrons. The van der Waals surface area contributed by atoms with Crippen LogP contribution in [0, 0.1) is 5.82 Å². The van der Waals surface area contributed by atoms with Crippen LogP contribution >= 0.6 is 0 Å². The molecule has 1 aromatic rings. The van der Waals surface area contributed by atoms with Crippen LogP contribution < -0.4 is 4.90 Å². The van der Waals surface area contributed by atoms with Crippen LogP contribution in [0.1, 0.15) is 23.7 Å². The van der Waals surface area contributed by atoms with Crippen molar-refractivity contribution in [3.63, 3.8) is 0 Å². The van der Waals surface area contributed by atoms with Crippen molar-refractivity contribution >= 4 is 11.7 Å². The minimum absolute atomic E-state index is 0.0206. The van der Waals surface area contributed by atoms with Gasteiger partial charge in [0.25, 0.3) is 0 Å². The van der Waals surface area contributed by atoms with Crippen molar-refractivity contribution in [3.05, 3.63) is 29.6 Å². The van der Waals surface area contributed by atoms with E-state index in [1.54, 1.807) is 6.07 Å². The van der Waals surface area contributed by atoms with Gasteiger partial charge in [-0.2, -0.15) is 0 Å². The van der Waals surface area contributed by atoms with Gasteiger partial charge in [0, 0.05) is 19.6 Å². The highest BCUT2D eigenvalue weighted by Gasteiger charge is 2.16. The fourth-order valence-electron chi connectivity index (χ4n) is 1.90. The number of hydrogen-bond acceptors (Lipinski definition) is 3. The van der Waals surface area contributed by atoms with Gasteiger partial charge in [0.05, 0.1) is 11.3 Å². The second kappa shape index (κ2) is 7.09. The highest BCUT2D eigenvalue weighted by Crippen LogP contribution is 2.22. The van der Waals surface area contributed by atoms with Crippen LogP contribution in [0.15, 0.2) is 18.2 Å². The lowest BCUT2D eigenvalue weighted by Crippen LogP contribution is -2.33. The molecule has 0 spiro atoms. The van der Waals surface area contributed by atoms with Crippen LogP contribution in [-0.4, -0.2) is 49.7 Å². The molecule has 1 aromatic carbocycles. The lowest BCUT2D eigenvalue weighted by molar-refractivity contribution is 0.0697. The Balaban J connectivity index is 3.03. The van der Waals surface area contributed by atoms with Crippen LogP contribution in [0.3, 0.4) is 0 Å². The van der Waals surface area contributed by atoms with E-state index in [2.05, 4.69) is 0 Å². The van der Waals surface area contributed by atoms with Crippen LogP contribution in [0.2, 0.25) is 0 Å². The molecule has 5 heteroatoms. The number of carboxylic acid groups (broad SMARTS) is 1. The minimum atomic E-state index is -1.10. The first-order chi connectivity index (χ1) is 8.95. The number of likely N-dealkylation sites (N-methyl/N-ethyl adjacent to an activating group) is 1. The maximum absolute atomic E-state index is 13.2. The number of anilines is 1. The third-order valence-corrected chi connectivity index (χ3v) is 2.84. The number of aromatic carboxylic acids is 1. The van der Waals surface area contributed by atoms with E-state index in [4.69, 9.17) is 0 Å². The number of hydrogen-bond donors (Lipinski definition) is 1. The number of carbonyl (C=O) groups is 1. The van der Waals surface area contributed by atoms with Crippen molar-refractivity contribution in [2.75, 3.05) is 38.6 Å². The highest BCUT2D eigenvalue weighted by atomic mass is 19.1. The molecule has 106 valence electrons. The molecular formula is C14H21FN2O2. The second-order valence-corrected chi connectivity index (χ2v) is 4.76. The molecule has 0 saturated carbocycles. The Kier molecular flexibility index (Phi) is 5.76. The standard InChI is InChI=1S/C14H21FN2O2/c1-4-7-17(9-8-16(2)3)13-6-5-11(15)10-12(13)14(18)19/h5-6,10H,4,7-9H2,1-3H3,(H,18,19). The predicted octanol–water partition coefficient (Wildman–Crippen LogP) is 2.30. The summed E-state index contributed by atoms with van der Waals surface area (Å²) in [7, 11) is 3.93. The topological polar surface area (TPSA) is 43.8 Å². The zero-order valence-electron chi connectivity index (χ0n) is 11.7. The molecule has 0 heterocycles. The molecule has 1 N–H and O–H groups in total. The Labute approximate surface area is 113 Å². The molecule has 0 fully saturated rings. The molecule has 0 bridgehead atoms.